The Morgan fingerprint density at radius 1 is 1.20 bits per heavy atom. The minimum atomic E-state index is -0.891. The van der Waals surface area contributed by atoms with Gasteiger partial charge in [0.05, 0.1) is 12.5 Å². The second kappa shape index (κ2) is 8.71. The molecule has 8 heteroatoms. The number of urea groups is 1. The van der Waals surface area contributed by atoms with Crippen molar-refractivity contribution in [3.05, 3.63) is 34.9 Å². The fourth-order valence-corrected chi connectivity index (χ4v) is 2.97. The van der Waals surface area contributed by atoms with Crippen LogP contribution in [-0.2, 0) is 16.1 Å². The lowest BCUT2D eigenvalue weighted by Gasteiger charge is -2.34. The Bertz CT molecular complexity index is 635. The molecule has 7 nitrogen and oxygen atoms in total. The van der Waals surface area contributed by atoms with Crippen LogP contribution < -0.4 is 10.6 Å². The molecule has 1 heterocycles. The number of carboxylic acid groups (broad SMARTS) is 1. The summed E-state index contributed by atoms with van der Waals surface area (Å²) in [6, 6.07) is 6.61. The summed E-state index contributed by atoms with van der Waals surface area (Å²) in [5, 5.41) is 14.9. The maximum atomic E-state index is 12.2. The summed E-state index contributed by atoms with van der Waals surface area (Å²) in [5.41, 5.74) is 0.889. The van der Waals surface area contributed by atoms with Crippen LogP contribution in [0, 0.1) is 11.8 Å². The number of amides is 3. The maximum absolute atomic E-state index is 12.2. The van der Waals surface area contributed by atoms with Crippen molar-refractivity contribution in [3.63, 3.8) is 0 Å². The SMILES string of the molecule is CC1CC(C(=O)O)CN(C(=O)CNC(=O)NCc2ccc(Cl)cc2)C1. The van der Waals surface area contributed by atoms with E-state index >= 15 is 0 Å². The van der Waals surface area contributed by atoms with E-state index in [0.29, 0.717) is 24.5 Å². The van der Waals surface area contributed by atoms with Crippen molar-refractivity contribution < 1.29 is 19.5 Å². The van der Waals surface area contributed by atoms with E-state index in [1.807, 2.05) is 6.92 Å². The van der Waals surface area contributed by atoms with E-state index in [2.05, 4.69) is 10.6 Å². The van der Waals surface area contributed by atoms with Gasteiger partial charge >= 0.3 is 12.0 Å². The molecule has 0 saturated carbocycles. The third-order valence-corrected chi connectivity index (χ3v) is 4.38. The molecule has 2 unspecified atom stereocenters. The van der Waals surface area contributed by atoms with E-state index in [-0.39, 0.29) is 24.9 Å². The standard InChI is InChI=1S/C17H22ClN3O4/c1-11-6-13(16(23)24)10-21(9-11)15(22)8-20-17(25)19-7-12-2-4-14(18)5-3-12/h2-5,11,13H,6-10H2,1H3,(H,23,24)(H2,19,20,25). The predicted molar refractivity (Wildman–Crippen MR) is 93.2 cm³/mol. The third-order valence-electron chi connectivity index (χ3n) is 4.13. The van der Waals surface area contributed by atoms with E-state index in [1.54, 1.807) is 24.3 Å². The van der Waals surface area contributed by atoms with Crippen LogP contribution in [-0.4, -0.2) is 47.5 Å². The first-order chi connectivity index (χ1) is 11.8. The van der Waals surface area contributed by atoms with Crippen LogP contribution in [0.25, 0.3) is 0 Å². The van der Waals surface area contributed by atoms with Crippen LogP contribution in [0.2, 0.25) is 5.02 Å². The lowest BCUT2D eigenvalue weighted by Crippen LogP contribution is -2.49. The highest BCUT2D eigenvalue weighted by Crippen LogP contribution is 2.21. The van der Waals surface area contributed by atoms with Crippen molar-refractivity contribution in [2.75, 3.05) is 19.6 Å². The van der Waals surface area contributed by atoms with Gasteiger partial charge in [0.15, 0.2) is 0 Å². The number of likely N-dealkylation sites (tertiary alicyclic amines) is 1. The van der Waals surface area contributed by atoms with Crippen LogP contribution in [0.1, 0.15) is 18.9 Å². The van der Waals surface area contributed by atoms with Crippen molar-refractivity contribution >= 4 is 29.5 Å². The number of hydrogen-bond acceptors (Lipinski definition) is 3. The Morgan fingerprint density at radius 3 is 2.52 bits per heavy atom. The highest BCUT2D eigenvalue weighted by molar-refractivity contribution is 6.30. The molecule has 0 radical (unpaired) electrons. The van der Waals surface area contributed by atoms with Crippen LogP contribution in [0.5, 0.6) is 0 Å². The van der Waals surface area contributed by atoms with Gasteiger partial charge in [-0.25, -0.2) is 4.79 Å². The zero-order chi connectivity index (χ0) is 18.4. The molecule has 3 amide bonds. The molecule has 2 atom stereocenters. The van der Waals surface area contributed by atoms with Crippen LogP contribution in [0.3, 0.4) is 0 Å². The second-order valence-corrected chi connectivity index (χ2v) is 6.77. The molecule has 1 aromatic rings. The van der Waals surface area contributed by atoms with Gasteiger partial charge in [-0.3, -0.25) is 9.59 Å². The van der Waals surface area contributed by atoms with Gasteiger partial charge < -0.3 is 20.6 Å². The van der Waals surface area contributed by atoms with Gasteiger partial charge in [0.25, 0.3) is 0 Å². The first kappa shape index (κ1) is 19.1. The molecule has 0 spiro atoms. The number of nitrogens with one attached hydrogen (secondary N) is 2. The molecule has 3 N–H and O–H groups in total. The Balaban J connectivity index is 1.75. The lowest BCUT2D eigenvalue weighted by atomic mass is 9.90. The summed E-state index contributed by atoms with van der Waals surface area (Å²) in [6.07, 6.45) is 0.564. The Morgan fingerprint density at radius 2 is 1.88 bits per heavy atom. The van der Waals surface area contributed by atoms with E-state index in [9.17, 15) is 14.4 Å². The number of benzene rings is 1. The van der Waals surface area contributed by atoms with Crippen molar-refractivity contribution in [1.29, 1.82) is 0 Å². The zero-order valence-electron chi connectivity index (χ0n) is 14.0. The zero-order valence-corrected chi connectivity index (χ0v) is 14.8. The monoisotopic (exact) mass is 367 g/mol. The summed E-state index contributed by atoms with van der Waals surface area (Å²) in [4.78, 5) is 36.7. The maximum Gasteiger partial charge on any atom is 0.315 e. The molecule has 0 aromatic heterocycles. The number of carbonyl (C=O) groups excluding carboxylic acids is 2. The van der Waals surface area contributed by atoms with Gasteiger partial charge in [0.2, 0.25) is 5.91 Å². The van der Waals surface area contributed by atoms with Crippen molar-refractivity contribution in [2.45, 2.75) is 19.9 Å². The highest BCUT2D eigenvalue weighted by atomic mass is 35.5. The number of halogens is 1. The Hall–Kier alpha value is -2.28. The van der Waals surface area contributed by atoms with Gasteiger partial charge in [0.1, 0.15) is 0 Å². The summed E-state index contributed by atoms with van der Waals surface area (Å²) < 4.78 is 0. The van der Waals surface area contributed by atoms with Crippen molar-refractivity contribution in [2.24, 2.45) is 11.8 Å². The van der Waals surface area contributed by atoms with E-state index in [0.717, 1.165) is 5.56 Å². The number of rotatable bonds is 5. The molecule has 0 bridgehead atoms. The first-order valence-corrected chi connectivity index (χ1v) is 8.49. The summed E-state index contributed by atoms with van der Waals surface area (Å²) >= 11 is 5.79. The average Bonchev–Trinajstić information content (AvgIpc) is 2.58. The number of carbonyl (C=O) groups is 3. The molecular formula is C17H22ClN3O4. The van der Waals surface area contributed by atoms with Crippen molar-refractivity contribution in [3.8, 4) is 0 Å². The largest absolute Gasteiger partial charge is 0.481 e. The number of piperidine rings is 1. The molecule has 136 valence electrons. The molecule has 1 aromatic carbocycles. The molecule has 1 aliphatic heterocycles. The van der Waals surface area contributed by atoms with Crippen molar-refractivity contribution in [1.82, 2.24) is 15.5 Å². The van der Waals surface area contributed by atoms with Gasteiger partial charge in [0, 0.05) is 24.7 Å². The minimum absolute atomic E-state index is 0.123. The molecule has 1 fully saturated rings. The van der Waals surface area contributed by atoms with Gasteiger partial charge in [-0.1, -0.05) is 30.7 Å². The number of carboxylic acids is 1. The summed E-state index contributed by atoms with van der Waals surface area (Å²) in [7, 11) is 0. The average molecular weight is 368 g/mol. The first-order valence-electron chi connectivity index (χ1n) is 8.12. The summed E-state index contributed by atoms with van der Waals surface area (Å²) in [5.74, 6) is -1.60. The van der Waals surface area contributed by atoms with Crippen LogP contribution in [0.4, 0.5) is 4.79 Å². The Labute approximate surface area is 151 Å². The second-order valence-electron chi connectivity index (χ2n) is 6.34. The van der Waals surface area contributed by atoms with Gasteiger partial charge in [-0.15, -0.1) is 0 Å². The molecule has 2 rings (SSSR count). The summed E-state index contributed by atoms with van der Waals surface area (Å²) in [6.45, 7) is 2.77. The highest BCUT2D eigenvalue weighted by Gasteiger charge is 2.31. The Kier molecular flexibility index (Phi) is 6.64. The van der Waals surface area contributed by atoms with Crippen LogP contribution >= 0.6 is 11.6 Å². The molecule has 1 aliphatic rings. The third kappa shape index (κ3) is 5.94. The smallest absolute Gasteiger partial charge is 0.315 e. The topological polar surface area (TPSA) is 98.7 Å². The number of aliphatic carboxylic acids is 1. The van der Waals surface area contributed by atoms with Gasteiger partial charge in [-0.2, -0.15) is 0 Å². The normalized spacial score (nSPS) is 20.0. The molecule has 0 aliphatic carbocycles. The molecule has 25 heavy (non-hydrogen) atoms. The number of hydrogen-bond donors (Lipinski definition) is 3. The fourth-order valence-electron chi connectivity index (χ4n) is 2.85. The van der Waals surface area contributed by atoms with E-state index < -0.39 is 17.9 Å². The van der Waals surface area contributed by atoms with E-state index in [1.165, 1.54) is 4.90 Å². The van der Waals surface area contributed by atoms with E-state index in [4.69, 9.17) is 16.7 Å². The molecule has 1 saturated heterocycles. The van der Waals surface area contributed by atoms with Crippen LogP contribution in [0.15, 0.2) is 24.3 Å². The lowest BCUT2D eigenvalue weighted by molar-refractivity contribution is -0.146. The van der Waals surface area contributed by atoms with Gasteiger partial charge in [-0.05, 0) is 30.0 Å². The quantitative estimate of drug-likeness (QED) is 0.737. The number of nitrogens with zero attached hydrogens (tertiary/aromatic N) is 1. The fraction of sp³-hybridized carbons (Fsp3) is 0.471. The minimum Gasteiger partial charge on any atom is -0.481 e. The predicted octanol–water partition coefficient (Wildman–Crippen LogP) is 1.71. The molecular weight excluding hydrogens is 346 g/mol.